The number of piperidine rings is 1. The predicted octanol–water partition coefficient (Wildman–Crippen LogP) is 1.43. The van der Waals surface area contributed by atoms with Crippen molar-refractivity contribution in [3.8, 4) is 0 Å². The Labute approximate surface area is 149 Å². The monoisotopic (exact) mass is 348 g/mol. The summed E-state index contributed by atoms with van der Waals surface area (Å²) in [5, 5.41) is 18.7. The summed E-state index contributed by atoms with van der Waals surface area (Å²) in [4.78, 5) is 16.3. The first-order valence-corrected chi connectivity index (χ1v) is 9.05. The van der Waals surface area contributed by atoms with E-state index in [-0.39, 0.29) is 31.3 Å². The lowest BCUT2D eigenvalue weighted by atomic mass is 9.90. The lowest BCUT2D eigenvalue weighted by Gasteiger charge is -2.40. The molecule has 0 saturated carbocycles. The number of carbonyl (C=O) groups excluding carboxylic acids is 1. The number of hydrogen-bond donors (Lipinski definition) is 2. The first kappa shape index (κ1) is 18.2. The maximum Gasteiger partial charge on any atom is 0.410 e. The highest BCUT2D eigenvalue weighted by Gasteiger charge is 2.47. The molecule has 1 spiro atoms. The van der Waals surface area contributed by atoms with Crippen LogP contribution < -0.4 is 0 Å². The fraction of sp³-hybridized carbons (Fsp3) is 0.632. The highest BCUT2D eigenvalue weighted by Crippen LogP contribution is 2.34. The van der Waals surface area contributed by atoms with E-state index in [4.69, 9.17) is 4.74 Å². The van der Waals surface area contributed by atoms with E-state index in [1.54, 1.807) is 0 Å². The normalized spacial score (nSPS) is 21.8. The number of nitrogens with zero attached hydrogens (tertiary/aromatic N) is 2. The van der Waals surface area contributed by atoms with Gasteiger partial charge in [-0.05, 0) is 11.5 Å². The Morgan fingerprint density at radius 1 is 1.16 bits per heavy atom. The van der Waals surface area contributed by atoms with Crippen LogP contribution in [0.25, 0.3) is 0 Å². The number of benzene rings is 1. The molecule has 138 valence electrons. The smallest absolute Gasteiger partial charge is 0.410 e. The Bertz CT molecular complexity index is 568. The van der Waals surface area contributed by atoms with Crippen LogP contribution in [0.4, 0.5) is 4.79 Å². The third-order valence-corrected chi connectivity index (χ3v) is 5.55. The van der Waals surface area contributed by atoms with Gasteiger partial charge in [-0.25, -0.2) is 4.79 Å². The minimum atomic E-state index is -0.417. The van der Waals surface area contributed by atoms with E-state index in [1.807, 2.05) is 23.1 Å². The molecule has 25 heavy (non-hydrogen) atoms. The van der Waals surface area contributed by atoms with Crippen molar-refractivity contribution < 1.29 is 19.7 Å². The molecule has 6 heteroatoms. The van der Waals surface area contributed by atoms with Crippen molar-refractivity contribution in [2.75, 3.05) is 39.4 Å². The Morgan fingerprint density at radius 3 is 2.40 bits per heavy atom. The Balaban J connectivity index is 1.58. The number of amides is 1. The summed E-state index contributed by atoms with van der Waals surface area (Å²) in [7, 11) is 0. The van der Waals surface area contributed by atoms with Crippen LogP contribution in [0.5, 0.6) is 0 Å². The summed E-state index contributed by atoms with van der Waals surface area (Å²) >= 11 is 0. The minimum absolute atomic E-state index is 0.0516. The molecule has 2 heterocycles. The molecule has 0 aromatic heterocycles. The van der Waals surface area contributed by atoms with Crippen molar-refractivity contribution in [2.24, 2.45) is 0 Å². The van der Waals surface area contributed by atoms with Crippen LogP contribution in [0.15, 0.2) is 30.3 Å². The average Bonchev–Trinajstić information content (AvgIpc) is 2.93. The highest BCUT2D eigenvalue weighted by atomic mass is 16.6. The van der Waals surface area contributed by atoms with Gasteiger partial charge in [0.05, 0.1) is 25.8 Å². The zero-order chi connectivity index (χ0) is 17.9. The van der Waals surface area contributed by atoms with Gasteiger partial charge in [-0.15, -0.1) is 0 Å². The van der Waals surface area contributed by atoms with E-state index in [0.29, 0.717) is 13.1 Å². The van der Waals surface area contributed by atoms with E-state index < -0.39 is 5.60 Å². The molecule has 1 amide bonds. The molecular formula is C19H28N2O4. The molecule has 2 aliphatic rings. The number of rotatable bonds is 6. The third-order valence-electron chi connectivity index (χ3n) is 5.55. The number of likely N-dealkylation sites (tertiary alicyclic amines) is 1. The molecule has 1 aromatic carbocycles. The van der Waals surface area contributed by atoms with Gasteiger partial charge in [-0.3, -0.25) is 4.90 Å². The molecule has 3 rings (SSSR count). The van der Waals surface area contributed by atoms with Gasteiger partial charge in [0, 0.05) is 32.5 Å². The molecule has 0 aliphatic carbocycles. The lowest BCUT2D eigenvalue weighted by molar-refractivity contribution is -0.0262. The van der Waals surface area contributed by atoms with Crippen LogP contribution in [0.1, 0.15) is 31.2 Å². The number of aliphatic hydroxyl groups excluding tert-OH is 2. The van der Waals surface area contributed by atoms with Crippen LogP contribution in [0, 0.1) is 0 Å². The van der Waals surface area contributed by atoms with Gasteiger partial charge in [0.2, 0.25) is 0 Å². The van der Waals surface area contributed by atoms with E-state index in [0.717, 1.165) is 25.9 Å². The standard InChI is InChI=1S/C19H28N2O4/c1-15(16-5-3-2-4-6-16)11-21-14-19(25-18(21)24)7-9-20(10-8-19)17(12-22)13-23/h2-6,15,17,22-23H,7-14H2,1H3/t15-/m1/s1. The molecule has 2 saturated heterocycles. The van der Waals surface area contributed by atoms with Crippen molar-refractivity contribution in [1.82, 2.24) is 9.80 Å². The largest absolute Gasteiger partial charge is 0.441 e. The molecule has 2 fully saturated rings. The highest BCUT2D eigenvalue weighted by molar-refractivity contribution is 5.70. The fourth-order valence-corrected chi connectivity index (χ4v) is 3.90. The number of carbonyl (C=O) groups is 1. The first-order valence-electron chi connectivity index (χ1n) is 9.05. The Hall–Kier alpha value is -1.63. The quantitative estimate of drug-likeness (QED) is 0.814. The van der Waals surface area contributed by atoms with E-state index in [1.165, 1.54) is 5.56 Å². The molecule has 0 bridgehead atoms. The minimum Gasteiger partial charge on any atom is -0.441 e. The Kier molecular flexibility index (Phi) is 5.61. The van der Waals surface area contributed by atoms with Crippen LogP contribution >= 0.6 is 0 Å². The lowest BCUT2D eigenvalue weighted by Crippen LogP contribution is -2.52. The molecule has 1 aromatic rings. The van der Waals surface area contributed by atoms with Crippen molar-refractivity contribution in [2.45, 2.75) is 37.3 Å². The Morgan fingerprint density at radius 2 is 1.80 bits per heavy atom. The second-order valence-electron chi connectivity index (χ2n) is 7.30. The fourth-order valence-electron chi connectivity index (χ4n) is 3.90. The molecule has 2 aliphatic heterocycles. The second kappa shape index (κ2) is 7.72. The number of hydrogen-bond acceptors (Lipinski definition) is 5. The third kappa shape index (κ3) is 3.97. The zero-order valence-corrected chi connectivity index (χ0v) is 14.8. The summed E-state index contributed by atoms with van der Waals surface area (Å²) < 4.78 is 5.77. The predicted molar refractivity (Wildman–Crippen MR) is 94.4 cm³/mol. The molecule has 0 unspecified atom stereocenters. The van der Waals surface area contributed by atoms with Gasteiger partial charge in [0.25, 0.3) is 0 Å². The molecular weight excluding hydrogens is 320 g/mol. The van der Waals surface area contributed by atoms with Gasteiger partial charge < -0.3 is 19.8 Å². The number of ether oxygens (including phenoxy) is 1. The maximum absolute atomic E-state index is 12.4. The van der Waals surface area contributed by atoms with Gasteiger partial charge in [-0.2, -0.15) is 0 Å². The van der Waals surface area contributed by atoms with Crippen LogP contribution in [0.3, 0.4) is 0 Å². The molecule has 1 atom stereocenters. The van der Waals surface area contributed by atoms with Crippen LogP contribution in [0.2, 0.25) is 0 Å². The van der Waals surface area contributed by atoms with Crippen LogP contribution in [-0.2, 0) is 4.74 Å². The molecule has 2 N–H and O–H groups in total. The first-order chi connectivity index (χ1) is 12.1. The van der Waals surface area contributed by atoms with E-state index in [9.17, 15) is 15.0 Å². The van der Waals surface area contributed by atoms with Crippen molar-refractivity contribution in [1.29, 1.82) is 0 Å². The van der Waals surface area contributed by atoms with E-state index in [2.05, 4.69) is 24.0 Å². The summed E-state index contributed by atoms with van der Waals surface area (Å²) in [6.45, 7) is 4.75. The SMILES string of the molecule is C[C@H](CN1CC2(CCN(C(CO)CO)CC2)OC1=O)c1ccccc1. The molecule has 6 nitrogen and oxygen atoms in total. The summed E-state index contributed by atoms with van der Waals surface area (Å²) in [5.74, 6) is 0.261. The van der Waals surface area contributed by atoms with Gasteiger partial charge >= 0.3 is 6.09 Å². The average molecular weight is 348 g/mol. The van der Waals surface area contributed by atoms with Gasteiger partial charge in [0.1, 0.15) is 5.60 Å². The summed E-state index contributed by atoms with van der Waals surface area (Å²) in [6.07, 6.45) is 1.26. The van der Waals surface area contributed by atoms with Crippen molar-refractivity contribution in [3.05, 3.63) is 35.9 Å². The summed E-state index contributed by atoms with van der Waals surface area (Å²) in [6, 6.07) is 9.99. The van der Waals surface area contributed by atoms with Gasteiger partial charge in [-0.1, -0.05) is 37.3 Å². The maximum atomic E-state index is 12.4. The number of aliphatic hydroxyl groups is 2. The van der Waals surface area contributed by atoms with E-state index >= 15 is 0 Å². The van der Waals surface area contributed by atoms with Crippen molar-refractivity contribution >= 4 is 6.09 Å². The zero-order valence-electron chi connectivity index (χ0n) is 14.8. The van der Waals surface area contributed by atoms with Crippen LogP contribution in [-0.4, -0.2) is 77.1 Å². The van der Waals surface area contributed by atoms with Crippen molar-refractivity contribution in [3.63, 3.8) is 0 Å². The molecule has 0 radical (unpaired) electrons. The van der Waals surface area contributed by atoms with Gasteiger partial charge in [0.15, 0.2) is 0 Å². The second-order valence-corrected chi connectivity index (χ2v) is 7.30. The summed E-state index contributed by atoms with van der Waals surface area (Å²) in [5.41, 5.74) is 0.805. The topological polar surface area (TPSA) is 73.2 Å².